The van der Waals surface area contributed by atoms with Crippen LogP contribution in [0.1, 0.15) is 25.0 Å². The van der Waals surface area contributed by atoms with Gasteiger partial charge < -0.3 is 10.1 Å². The number of hydrogen-bond acceptors (Lipinski definition) is 2. The molecule has 0 bridgehead atoms. The lowest BCUT2D eigenvalue weighted by Crippen LogP contribution is -2.22. The number of halogens is 2. The highest BCUT2D eigenvalue weighted by atomic mass is 79.9. The van der Waals surface area contributed by atoms with Crippen molar-refractivity contribution in [2.24, 2.45) is 0 Å². The molecule has 0 heterocycles. The van der Waals surface area contributed by atoms with Crippen LogP contribution in [0.5, 0.6) is 5.75 Å². The van der Waals surface area contributed by atoms with Gasteiger partial charge in [0.05, 0.1) is 0 Å². The molecule has 0 atom stereocenters. The molecule has 2 aromatic rings. The lowest BCUT2D eigenvalue weighted by atomic mass is 10.2. The second-order valence-corrected chi connectivity index (χ2v) is 6.50. The molecule has 0 aromatic heterocycles. The molecule has 2 rings (SSSR count). The standard InChI is InChI=1S/C17H19BrClNO/c1-12(2)20-10-14-9-16(6-7-17(14)18)21-11-13-4-3-5-15(19)8-13/h3-9,12,20H,10-11H2,1-2H3. The minimum Gasteiger partial charge on any atom is -0.489 e. The predicted molar refractivity (Wildman–Crippen MR) is 91.9 cm³/mol. The molecular formula is C17H19BrClNO. The molecule has 0 aliphatic carbocycles. The zero-order chi connectivity index (χ0) is 15.2. The third kappa shape index (κ3) is 5.34. The molecular weight excluding hydrogens is 350 g/mol. The molecule has 0 fully saturated rings. The van der Waals surface area contributed by atoms with Crippen LogP contribution in [0.4, 0.5) is 0 Å². The zero-order valence-corrected chi connectivity index (χ0v) is 14.5. The number of nitrogens with one attached hydrogen (secondary N) is 1. The molecule has 2 aromatic carbocycles. The van der Waals surface area contributed by atoms with Crippen LogP contribution in [0, 0.1) is 0 Å². The van der Waals surface area contributed by atoms with E-state index in [4.69, 9.17) is 16.3 Å². The van der Waals surface area contributed by atoms with Crippen molar-refractivity contribution in [1.82, 2.24) is 5.32 Å². The van der Waals surface area contributed by atoms with Gasteiger partial charge in [0.15, 0.2) is 0 Å². The Balaban J connectivity index is 2.01. The van der Waals surface area contributed by atoms with Gasteiger partial charge in [-0.15, -0.1) is 0 Å². The summed E-state index contributed by atoms with van der Waals surface area (Å²) >= 11 is 9.55. The summed E-state index contributed by atoms with van der Waals surface area (Å²) in [6.07, 6.45) is 0. The van der Waals surface area contributed by atoms with E-state index in [9.17, 15) is 0 Å². The van der Waals surface area contributed by atoms with Crippen molar-refractivity contribution in [3.63, 3.8) is 0 Å². The summed E-state index contributed by atoms with van der Waals surface area (Å²) in [7, 11) is 0. The molecule has 4 heteroatoms. The predicted octanol–water partition coefficient (Wildman–Crippen LogP) is 5.18. The summed E-state index contributed by atoms with van der Waals surface area (Å²) in [5, 5.41) is 4.14. The van der Waals surface area contributed by atoms with E-state index in [-0.39, 0.29) is 0 Å². The summed E-state index contributed by atoms with van der Waals surface area (Å²) < 4.78 is 6.93. The highest BCUT2D eigenvalue weighted by Crippen LogP contribution is 2.23. The zero-order valence-electron chi connectivity index (χ0n) is 12.2. The van der Waals surface area contributed by atoms with Crippen molar-refractivity contribution < 1.29 is 4.74 Å². The molecule has 0 spiro atoms. The minimum absolute atomic E-state index is 0.452. The van der Waals surface area contributed by atoms with E-state index < -0.39 is 0 Å². The van der Waals surface area contributed by atoms with Crippen LogP contribution in [0.2, 0.25) is 5.02 Å². The first kappa shape index (κ1) is 16.3. The molecule has 0 radical (unpaired) electrons. The lowest BCUT2D eigenvalue weighted by Gasteiger charge is -2.12. The van der Waals surface area contributed by atoms with E-state index in [1.54, 1.807) is 0 Å². The fourth-order valence-electron chi connectivity index (χ4n) is 1.88. The summed E-state index contributed by atoms with van der Waals surface area (Å²) in [6, 6.07) is 14.2. The second-order valence-electron chi connectivity index (χ2n) is 5.21. The van der Waals surface area contributed by atoms with Gasteiger partial charge in [-0.2, -0.15) is 0 Å². The van der Waals surface area contributed by atoms with Crippen molar-refractivity contribution in [2.45, 2.75) is 33.0 Å². The van der Waals surface area contributed by atoms with Crippen LogP contribution in [0.3, 0.4) is 0 Å². The lowest BCUT2D eigenvalue weighted by molar-refractivity contribution is 0.305. The Morgan fingerprint density at radius 1 is 1.19 bits per heavy atom. The van der Waals surface area contributed by atoms with E-state index in [2.05, 4.69) is 41.2 Å². The molecule has 1 N–H and O–H groups in total. The molecule has 0 saturated heterocycles. The molecule has 0 saturated carbocycles. The summed E-state index contributed by atoms with van der Waals surface area (Å²) in [5.41, 5.74) is 2.25. The maximum absolute atomic E-state index is 5.97. The van der Waals surface area contributed by atoms with Gasteiger partial charge in [0, 0.05) is 22.1 Å². The third-order valence-corrected chi connectivity index (χ3v) is 4.02. The van der Waals surface area contributed by atoms with Gasteiger partial charge in [-0.25, -0.2) is 0 Å². The minimum atomic E-state index is 0.452. The Morgan fingerprint density at radius 2 is 2.00 bits per heavy atom. The van der Waals surface area contributed by atoms with E-state index >= 15 is 0 Å². The average molecular weight is 369 g/mol. The quantitative estimate of drug-likeness (QED) is 0.758. The van der Waals surface area contributed by atoms with Crippen LogP contribution >= 0.6 is 27.5 Å². The SMILES string of the molecule is CC(C)NCc1cc(OCc2cccc(Cl)c2)ccc1Br. The molecule has 21 heavy (non-hydrogen) atoms. The summed E-state index contributed by atoms with van der Waals surface area (Å²) in [5.74, 6) is 0.860. The Morgan fingerprint density at radius 3 is 2.71 bits per heavy atom. The van der Waals surface area contributed by atoms with Gasteiger partial charge in [0.25, 0.3) is 0 Å². The van der Waals surface area contributed by atoms with E-state index in [1.165, 1.54) is 5.56 Å². The Labute approximate surface area is 139 Å². The first-order chi connectivity index (χ1) is 10.0. The maximum Gasteiger partial charge on any atom is 0.120 e. The fourth-order valence-corrected chi connectivity index (χ4v) is 2.48. The maximum atomic E-state index is 5.97. The van der Waals surface area contributed by atoms with Crippen molar-refractivity contribution in [3.05, 3.63) is 63.1 Å². The Bertz CT molecular complexity index is 601. The monoisotopic (exact) mass is 367 g/mol. The van der Waals surface area contributed by atoms with Gasteiger partial charge >= 0.3 is 0 Å². The van der Waals surface area contributed by atoms with Crippen LogP contribution in [0.15, 0.2) is 46.9 Å². The number of rotatable bonds is 6. The first-order valence-electron chi connectivity index (χ1n) is 6.93. The van der Waals surface area contributed by atoms with Gasteiger partial charge in [0.2, 0.25) is 0 Å². The molecule has 0 amide bonds. The van der Waals surface area contributed by atoms with Crippen LogP contribution in [-0.2, 0) is 13.2 Å². The molecule has 0 unspecified atom stereocenters. The Kier molecular flexibility index (Phi) is 6.09. The average Bonchev–Trinajstić information content (AvgIpc) is 2.45. The van der Waals surface area contributed by atoms with E-state index in [0.717, 1.165) is 27.4 Å². The largest absolute Gasteiger partial charge is 0.489 e. The van der Waals surface area contributed by atoms with Crippen LogP contribution in [0.25, 0.3) is 0 Å². The van der Waals surface area contributed by atoms with Crippen LogP contribution in [-0.4, -0.2) is 6.04 Å². The number of benzene rings is 2. The highest BCUT2D eigenvalue weighted by Gasteiger charge is 2.04. The van der Waals surface area contributed by atoms with Gasteiger partial charge in [0.1, 0.15) is 12.4 Å². The second kappa shape index (κ2) is 7.83. The van der Waals surface area contributed by atoms with Gasteiger partial charge in [-0.1, -0.05) is 53.5 Å². The van der Waals surface area contributed by atoms with Gasteiger partial charge in [-0.05, 0) is 41.5 Å². The van der Waals surface area contributed by atoms with E-state index in [0.29, 0.717) is 12.6 Å². The first-order valence-corrected chi connectivity index (χ1v) is 8.11. The smallest absolute Gasteiger partial charge is 0.120 e. The molecule has 0 aliphatic heterocycles. The number of ether oxygens (including phenoxy) is 1. The summed E-state index contributed by atoms with van der Waals surface area (Å²) in [6.45, 7) is 5.59. The highest BCUT2D eigenvalue weighted by molar-refractivity contribution is 9.10. The van der Waals surface area contributed by atoms with Crippen LogP contribution < -0.4 is 10.1 Å². The van der Waals surface area contributed by atoms with Gasteiger partial charge in [-0.3, -0.25) is 0 Å². The van der Waals surface area contributed by atoms with Crippen molar-refractivity contribution in [2.75, 3.05) is 0 Å². The van der Waals surface area contributed by atoms with E-state index in [1.807, 2.05) is 36.4 Å². The Hall–Kier alpha value is -1.03. The fraction of sp³-hybridized carbons (Fsp3) is 0.294. The molecule has 2 nitrogen and oxygen atoms in total. The van der Waals surface area contributed by atoms with Crippen molar-refractivity contribution in [1.29, 1.82) is 0 Å². The summed E-state index contributed by atoms with van der Waals surface area (Å²) in [4.78, 5) is 0. The molecule has 112 valence electrons. The van der Waals surface area contributed by atoms with Crippen molar-refractivity contribution >= 4 is 27.5 Å². The molecule has 0 aliphatic rings. The third-order valence-electron chi connectivity index (χ3n) is 3.01. The normalized spacial score (nSPS) is 10.9. The topological polar surface area (TPSA) is 21.3 Å². The van der Waals surface area contributed by atoms with Crippen molar-refractivity contribution in [3.8, 4) is 5.75 Å². The number of hydrogen-bond donors (Lipinski definition) is 1.